The molecule has 0 spiro atoms. The van der Waals surface area contributed by atoms with Crippen LogP contribution in [0.1, 0.15) is 31.0 Å². The van der Waals surface area contributed by atoms with Gasteiger partial charge >= 0.3 is 0 Å². The Hall–Kier alpha value is -1.75. The maximum atomic E-state index is 12.4. The Balaban J connectivity index is 1.81. The van der Waals surface area contributed by atoms with E-state index in [1.165, 1.54) is 5.56 Å². The number of aromatic nitrogens is 2. The topological polar surface area (TPSA) is 38.1 Å². The molecule has 1 fully saturated rings. The minimum atomic E-state index is 0.0239. The van der Waals surface area contributed by atoms with Crippen molar-refractivity contribution in [2.24, 2.45) is 7.05 Å². The number of rotatable bonds is 4. The highest BCUT2D eigenvalue weighted by Gasteiger charge is 2.36. The first-order valence-electron chi connectivity index (χ1n) is 7.91. The monoisotopic (exact) mass is 329 g/mol. The molecule has 0 aliphatic carbocycles. The molecule has 3 rings (SSSR count). The minimum Gasteiger partial charge on any atom is -0.336 e. The first kappa shape index (κ1) is 16.1. The second kappa shape index (κ2) is 6.40. The summed E-state index contributed by atoms with van der Waals surface area (Å²) in [5.74, 6) is 0.241. The Kier molecular flexibility index (Phi) is 4.48. The second-order valence-corrected chi connectivity index (χ2v) is 7.25. The Morgan fingerprint density at radius 1 is 1.30 bits per heavy atom. The van der Waals surface area contributed by atoms with E-state index in [2.05, 4.69) is 40.7 Å². The van der Waals surface area contributed by atoms with Gasteiger partial charge in [-0.15, -0.1) is 0 Å². The van der Waals surface area contributed by atoms with E-state index in [0.29, 0.717) is 13.0 Å². The number of likely N-dealkylation sites (tertiary alicyclic amines) is 1. The lowest BCUT2D eigenvalue weighted by atomic mass is 9.75. The van der Waals surface area contributed by atoms with Gasteiger partial charge in [0.05, 0.1) is 18.4 Å². The molecular weight excluding hydrogens is 306 g/mol. The number of thioether (sulfide) groups is 1. The van der Waals surface area contributed by atoms with Crippen LogP contribution in [0, 0.1) is 0 Å². The predicted molar refractivity (Wildman–Crippen MR) is 93.4 cm³/mol. The molecule has 4 nitrogen and oxygen atoms in total. The van der Waals surface area contributed by atoms with Gasteiger partial charge in [0.2, 0.25) is 5.91 Å². The first-order valence-corrected chi connectivity index (χ1v) is 9.14. The summed E-state index contributed by atoms with van der Waals surface area (Å²) in [5, 5.41) is 0.982. The van der Waals surface area contributed by atoms with E-state index in [1.54, 1.807) is 11.8 Å². The molecule has 1 amide bonds. The maximum absolute atomic E-state index is 12.4. The number of carbonyl (C=O) groups is 1. The van der Waals surface area contributed by atoms with Crippen molar-refractivity contribution in [2.45, 2.75) is 36.9 Å². The summed E-state index contributed by atoms with van der Waals surface area (Å²) in [4.78, 5) is 18.8. The van der Waals surface area contributed by atoms with Gasteiger partial charge in [-0.25, -0.2) is 4.98 Å². The summed E-state index contributed by atoms with van der Waals surface area (Å²) < 4.78 is 2.08. The molecule has 1 aliphatic heterocycles. The summed E-state index contributed by atoms with van der Waals surface area (Å²) in [5.41, 5.74) is 2.42. The number of hydrogen-bond donors (Lipinski definition) is 0. The van der Waals surface area contributed by atoms with Gasteiger partial charge in [0.25, 0.3) is 0 Å². The molecule has 1 atom stereocenters. The summed E-state index contributed by atoms with van der Waals surface area (Å²) in [6.45, 7) is 3.65. The summed E-state index contributed by atoms with van der Waals surface area (Å²) in [6, 6.07) is 10.5. The molecule has 23 heavy (non-hydrogen) atoms. The highest BCUT2D eigenvalue weighted by Crippen LogP contribution is 2.34. The molecule has 0 saturated carbocycles. The van der Waals surface area contributed by atoms with E-state index >= 15 is 0 Å². The molecule has 1 aromatic carbocycles. The zero-order valence-corrected chi connectivity index (χ0v) is 14.8. The number of imidazole rings is 1. The summed E-state index contributed by atoms with van der Waals surface area (Å²) >= 11 is 1.62. The van der Waals surface area contributed by atoms with Gasteiger partial charge in [0.15, 0.2) is 5.16 Å². The van der Waals surface area contributed by atoms with Gasteiger partial charge in [-0.2, -0.15) is 0 Å². The summed E-state index contributed by atoms with van der Waals surface area (Å²) in [6.07, 6.45) is 5.42. The average Bonchev–Trinajstić information content (AvgIpc) is 2.92. The molecule has 0 radical (unpaired) electrons. The molecular formula is C18H23N3OS. The SMILES string of the molecule is CSc1ncc(CN2CC(C)(c3ccccc3)CCC2=O)n1C. The van der Waals surface area contributed by atoms with Gasteiger partial charge in [-0.05, 0) is 18.2 Å². The Morgan fingerprint density at radius 3 is 2.70 bits per heavy atom. The van der Waals surface area contributed by atoms with E-state index in [0.717, 1.165) is 23.8 Å². The fourth-order valence-corrected chi connectivity index (χ4v) is 3.86. The standard InChI is InChI=1S/C18H23N3OS/c1-18(14-7-5-4-6-8-14)10-9-16(22)21(13-18)12-15-11-19-17(23-3)20(15)2/h4-8,11H,9-10,12-13H2,1-3H3. The van der Waals surface area contributed by atoms with Crippen molar-refractivity contribution in [3.05, 3.63) is 47.8 Å². The number of benzene rings is 1. The van der Waals surface area contributed by atoms with E-state index in [-0.39, 0.29) is 11.3 Å². The van der Waals surface area contributed by atoms with Crippen LogP contribution in [-0.4, -0.2) is 33.2 Å². The Labute approximate surface area is 141 Å². The van der Waals surface area contributed by atoms with E-state index in [1.807, 2.05) is 30.5 Å². The van der Waals surface area contributed by atoms with Crippen molar-refractivity contribution in [3.63, 3.8) is 0 Å². The zero-order valence-electron chi connectivity index (χ0n) is 14.0. The predicted octanol–water partition coefficient (Wildman–Crippen LogP) is 3.22. The van der Waals surface area contributed by atoms with E-state index in [9.17, 15) is 4.79 Å². The van der Waals surface area contributed by atoms with Gasteiger partial charge < -0.3 is 9.47 Å². The number of carbonyl (C=O) groups excluding carboxylic acids is 1. The minimum absolute atomic E-state index is 0.0239. The Bertz CT molecular complexity index is 698. The van der Waals surface area contributed by atoms with Crippen LogP contribution < -0.4 is 0 Å². The molecule has 1 aliphatic rings. The largest absolute Gasteiger partial charge is 0.336 e. The first-order chi connectivity index (χ1) is 11.0. The summed E-state index contributed by atoms with van der Waals surface area (Å²) in [7, 11) is 2.01. The fraction of sp³-hybridized carbons (Fsp3) is 0.444. The van der Waals surface area contributed by atoms with Gasteiger partial charge in [-0.3, -0.25) is 4.79 Å². The van der Waals surface area contributed by atoms with Crippen LogP contribution in [0.2, 0.25) is 0 Å². The molecule has 0 N–H and O–H groups in total. The van der Waals surface area contributed by atoms with Crippen LogP contribution in [0.4, 0.5) is 0 Å². The van der Waals surface area contributed by atoms with Crippen molar-refractivity contribution < 1.29 is 4.79 Å². The van der Waals surface area contributed by atoms with Crippen LogP contribution in [-0.2, 0) is 23.8 Å². The molecule has 122 valence electrons. The Morgan fingerprint density at radius 2 is 2.04 bits per heavy atom. The smallest absolute Gasteiger partial charge is 0.222 e. The second-order valence-electron chi connectivity index (χ2n) is 6.47. The molecule has 2 heterocycles. The molecule has 1 aromatic heterocycles. The third kappa shape index (κ3) is 3.15. The lowest BCUT2D eigenvalue weighted by Gasteiger charge is -2.40. The maximum Gasteiger partial charge on any atom is 0.222 e. The lowest BCUT2D eigenvalue weighted by Crippen LogP contribution is -2.47. The van der Waals surface area contributed by atoms with E-state index in [4.69, 9.17) is 0 Å². The highest BCUT2D eigenvalue weighted by molar-refractivity contribution is 7.98. The van der Waals surface area contributed by atoms with Crippen LogP contribution >= 0.6 is 11.8 Å². The number of nitrogens with zero attached hydrogens (tertiary/aromatic N) is 3. The van der Waals surface area contributed by atoms with E-state index < -0.39 is 0 Å². The van der Waals surface area contributed by atoms with Crippen LogP contribution in [0.3, 0.4) is 0 Å². The van der Waals surface area contributed by atoms with Crippen LogP contribution in [0.15, 0.2) is 41.7 Å². The van der Waals surface area contributed by atoms with Crippen molar-refractivity contribution in [1.82, 2.24) is 14.5 Å². The molecule has 5 heteroatoms. The number of hydrogen-bond acceptors (Lipinski definition) is 3. The molecule has 0 bridgehead atoms. The third-order valence-corrected chi connectivity index (χ3v) is 5.58. The molecule has 1 saturated heterocycles. The lowest BCUT2D eigenvalue weighted by molar-refractivity contribution is -0.136. The van der Waals surface area contributed by atoms with Crippen molar-refractivity contribution >= 4 is 17.7 Å². The van der Waals surface area contributed by atoms with Crippen LogP contribution in [0.25, 0.3) is 0 Å². The van der Waals surface area contributed by atoms with Crippen molar-refractivity contribution in [3.8, 4) is 0 Å². The van der Waals surface area contributed by atoms with Gasteiger partial charge in [0, 0.05) is 25.4 Å². The van der Waals surface area contributed by atoms with Crippen molar-refractivity contribution in [2.75, 3.05) is 12.8 Å². The van der Waals surface area contributed by atoms with Crippen molar-refractivity contribution in [1.29, 1.82) is 0 Å². The number of amides is 1. The number of piperidine rings is 1. The third-order valence-electron chi connectivity index (χ3n) is 4.83. The average molecular weight is 329 g/mol. The van der Waals surface area contributed by atoms with Gasteiger partial charge in [-0.1, -0.05) is 49.0 Å². The quantitative estimate of drug-likeness (QED) is 0.808. The zero-order chi connectivity index (χ0) is 16.4. The fourth-order valence-electron chi connectivity index (χ4n) is 3.31. The molecule has 2 aromatic rings. The highest BCUT2D eigenvalue weighted by atomic mass is 32.2. The normalized spacial score (nSPS) is 21.7. The molecule has 1 unspecified atom stereocenters. The van der Waals surface area contributed by atoms with Crippen LogP contribution in [0.5, 0.6) is 0 Å². The van der Waals surface area contributed by atoms with Gasteiger partial charge in [0.1, 0.15) is 0 Å².